The first-order chi connectivity index (χ1) is 13.1. The number of nitrogens with zero attached hydrogens (tertiary/aromatic N) is 1. The molecule has 27 heavy (non-hydrogen) atoms. The zero-order valence-corrected chi connectivity index (χ0v) is 15.7. The Morgan fingerprint density at radius 1 is 0.926 bits per heavy atom. The van der Waals surface area contributed by atoms with Crippen LogP contribution in [0.15, 0.2) is 72.8 Å². The lowest BCUT2D eigenvalue weighted by molar-refractivity contribution is 0.0827. The Kier molecular flexibility index (Phi) is 5.89. The molecule has 0 aliphatic carbocycles. The van der Waals surface area contributed by atoms with Crippen LogP contribution in [-0.2, 0) is 13.2 Å². The second-order valence-corrected chi connectivity index (χ2v) is 6.59. The van der Waals surface area contributed by atoms with E-state index in [9.17, 15) is 4.79 Å². The van der Waals surface area contributed by atoms with Crippen LogP contribution in [0.3, 0.4) is 0 Å². The Morgan fingerprint density at radius 3 is 2.41 bits per heavy atom. The summed E-state index contributed by atoms with van der Waals surface area (Å²) in [5, 5.41) is 0. The molecule has 3 aromatic rings. The molecule has 2 N–H and O–H groups in total. The molecule has 4 heteroatoms. The Labute approximate surface area is 160 Å². The highest BCUT2D eigenvalue weighted by atomic mass is 16.5. The van der Waals surface area contributed by atoms with Gasteiger partial charge in [0.15, 0.2) is 0 Å². The summed E-state index contributed by atoms with van der Waals surface area (Å²) >= 11 is 0. The van der Waals surface area contributed by atoms with Gasteiger partial charge in [0.05, 0.1) is 0 Å². The quantitative estimate of drug-likeness (QED) is 0.720. The molecule has 0 aliphatic rings. The molecular weight excluding hydrogens is 336 g/mol. The van der Waals surface area contributed by atoms with Crippen LogP contribution < -0.4 is 10.5 Å². The molecule has 3 rings (SSSR count). The highest BCUT2D eigenvalue weighted by Gasteiger charge is 2.12. The van der Waals surface area contributed by atoms with Crippen molar-refractivity contribution >= 4 is 5.91 Å². The Morgan fingerprint density at radius 2 is 1.70 bits per heavy atom. The summed E-state index contributed by atoms with van der Waals surface area (Å²) < 4.78 is 6.12. The fourth-order valence-corrected chi connectivity index (χ4v) is 2.86. The number of nitrogens with two attached hydrogens (primary N) is 1. The lowest BCUT2D eigenvalue weighted by Crippen LogP contribution is -2.21. The molecule has 0 spiro atoms. The van der Waals surface area contributed by atoms with Crippen LogP contribution in [0.1, 0.15) is 21.5 Å². The van der Waals surface area contributed by atoms with Crippen molar-refractivity contribution in [2.75, 3.05) is 14.1 Å². The van der Waals surface area contributed by atoms with Crippen LogP contribution in [0, 0.1) is 0 Å². The van der Waals surface area contributed by atoms with E-state index in [-0.39, 0.29) is 5.91 Å². The number of benzene rings is 3. The number of ether oxygens (including phenoxy) is 1. The number of amides is 1. The largest absolute Gasteiger partial charge is 0.488 e. The van der Waals surface area contributed by atoms with Crippen molar-refractivity contribution in [2.45, 2.75) is 13.2 Å². The minimum Gasteiger partial charge on any atom is -0.488 e. The van der Waals surface area contributed by atoms with Gasteiger partial charge < -0.3 is 15.4 Å². The molecule has 0 saturated carbocycles. The summed E-state index contributed by atoms with van der Waals surface area (Å²) in [5.74, 6) is 0.735. The number of carbonyl (C=O) groups is 1. The normalized spacial score (nSPS) is 10.5. The Balaban J connectivity index is 1.95. The van der Waals surface area contributed by atoms with E-state index in [2.05, 4.69) is 0 Å². The van der Waals surface area contributed by atoms with E-state index in [0.29, 0.717) is 18.7 Å². The standard InChI is InChI=1S/C23H24N2O2/c1-25(2)23(26)20-10-6-9-19(14-20)21-12-11-18(15-24)13-22(21)27-16-17-7-4-3-5-8-17/h3-14H,15-16,24H2,1-2H3. The lowest BCUT2D eigenvalue weighted by Gasteiger charge is -2.15. The van der Waals surface area contributed by atoms with Gasteiger partial charge in [0, 0.05) is 31.8 Å². The zero-order valence-electron chi connectivity index (χ0n) is 15.7. The van der Waals surface area contributed by atoms with Crippen molar-refractivity contribution in [2.24, 2.45) is 5.73 Å². The van der Waals surface area contributed by atoms with Crippen LogP contribution in [-0.4, -0.2) is 24.9 Å². The van der Waals surface area contributed by atoms with Gasteiger partial charge in [0.1, 0.15) is 12.4 Å². The maximum absolute atomic E-state index is 12.3. The number of hydrogen-bond donors (Lipinski definition) is 1. The highest BCUT2D eigenvalue weighted by Crippen LogP contribution is 2.32. The molecule has 0 aromatic heterocycles. The molecule has 0 heterocycles. The predicted octanol–water partition coefficient (Wildman–Crippen LogP) is 4.09. The van der Waals surface area contributed by atoms with Crippen molar-refractivity contribution in [3.63, 3.8) is 0 Å². The van der Waals surface area contributed by atoms with Crippen molar-refractivity contribution in [1.29, 1.82) is 0 Å². The molecule has 0 saturated heterocycles. The van der Waals surface area contributed by atoms with E-state index in [4.69, 9.17) is 10.5 Å². The van der Waals surface area contributed by atoms with Crippen LogP contribution in [0.5, 0.6) is 5.75 Å². The van der Waals surface area contributed by atoms with Crippen LogP contribution in [0.2, 0.25) is 0 Å². The van der Waals surface area contributed by atoms with Crippen molar-refractivity contribution in [3.8, 4) is 16.9 Å². The molecule has 3 aromatic carbocycles. The van der Waals surface area contributed by atoms with Crippen molar-refractivity contribution in [3.05, 3.63) is 89.5 Å². The van der Waals surface area contributed by atoms with E-state index in [1.54, 1.807) is 19.0 Å². The SMILES string of the molecule is CN(C)C(=O)c1cccc(-c2ccc(CN)cc2OCc2ccccc2)c1. The summed E-state index contributed by atoms with van der Waals surface area (Å²) in [6.07, 6.45) is 0. The third-order valence-electron chi connectivity index (χ3n) is 4.35. The zero-order chi connectivity index (χ0) is 19.2. The van der Waals surface area contributed by atoms with Crippen LogP contribution >= 0.6 is 0 Å². The first-order valence-electron chi connectivity index (χ1n) is 8.90. The van der Waals surface area contributed by atoms with Gasteiger partial charge in [0.25, 0.3) is 5.91 Å². The van der Waals surface area contributed by atoms with Crippen molar-refractivity contribution in [1.82, 2.24) is 4.90 Å². The smallest absolute Gasteiger partial charge is 0.253 e. The summed E-state index contributed by atoms with van der Waals surface area (Å²) in [4.78, 5) is 13.9. The maximum atomic E-state index is 12.3. The number of hydrogen-bond acceptors (Lipinski definition) is 3. The topological polar surface area (TPSA) is 55.6 Å². The average molecular weight is 360 g/mol. The van der Waals surface area contributed by atoms with Gasteiger partial charge in [-0.05, 0) is 34.9 Å². The molecule has 1 amide bonds. The van der Waals surface area contributed by atoms with E-state index in [1.165, 1.54) is 0 Å². The van der Waals surface area contributed by atoms with Gasteiger partial charge in [-0.3, -0.25) is 4.79 Å². The predicted molar refractivity (Wildman–Crippen MR) is 109 cm³/mol. The first kappa shape index (κ1) is 18.7. The van der Waals surface area contributed by atoms with Gasteiger partial charge in [-0.1, -0.05) is 54.6 Å². The highest BCUT2D eigenvalue weighted by molar-refractivity contribution is 5.95. The van der Waals surface area contributed by atoms with Crippen molar-refractivity contribution < 1.29 is 9.53 Å². The third kappa shape index (κ3) is 4.54. The second kappa shape index (κ2) is 8.52. The van der Waals surface area contributed by atoms with Gasteiger partial charge in [-0.15, -0.1) is 0 Å². The number of rotatable bonds is 6. The maximum Gasteiger partial charge on any atom is 0.253 e. The average Bonchev–Trinajstić information content (AvgIpc) is 2.72. The van der Waals surface area contributed by atoms with E-state index in [0.717, 1.165) is 28.0 Å². The molecule has 0 bridgehead atoms. The molecule has 0 radical (unpaired) electrons. The van der Waals surface area contributed by atoms with Gasteiger partial charge in [0.2, 0.25) is 0 Å². The van der Waals surface area contributed by atoms with Gasteiger partial charge >= 0.3 is 0 Å². The Hall–Kier alpha value is -3.11. The fraction of sp³-hybridized carbons (Fsp3) is 0.174. The summed E-state index contributed by atoms with van der Waals surface area (Å²) in [6.45, 7) is 0.916. The molecule has 0 aliphatic heterocycles. The summed E-state index contributed by atoms with van der Waals surface area (Å²) in [6, 6.07) is 23.6. The Bertz CT molecular complexity index is 921. The molecule has 4 nitrogen and oxygen atoms in total. The fourth-order valence-electron chi connectivity index (χ4n) is 2.86. The van der Waals surface area contributed by atoms with Gasteiger partial charge in [-0.2, -0.15) is 0 Å². The van der Waals surface area contributed by atoms with Crippen LogP contribution in [0.25, 0.3) is 11.1 Å². The summed E-state index contributed by atoms with van der Waals surface area (Å²) in [7, 11) is 3.50. The molecule has 138 valence electrons. The van der Waals surface area contributed by atoms with Crippen LogP contribution in [0.4, 0.5) is 0 Å². The third-order valence-corrected chi connectivity index (χ3v) is 4.35. The van der Waals surface area contributed by atoms with E-state index in [1.807, 2.05) is 72.8 Å². The summed E-state index contributed by atoms with van der Waals surface area (Å²) in [5.41, 5.74) is 10.4. The lowest BCUT2D eigenvalue weighted by atomic mass is 10.00. The molecule has 0 unspecified atom stereocenters. The molecule has 0 atom stereocenters. The minimum absolute atomic E-state index is 0.0258. The van der Waals surface area contributed by atoms with Gasteiger partial charge in [-0.25, -0.2) is 0 Å². The monoisotopic (exact) mass is 360 g/mol. The molecular formula is C23H24N2O2. The second-order valence-electron chi connectivity index (χ2n) is 6.59. The number of carbonyl (C=O) groups excluding carboxylic acids is 1. The van der Waals surface area contributed by atoms with E-state index >= 15 is 0 Å². The first-order valence-corrected chi connectivity index (χ1v) is 8.90. The molecule has 0 fully saturated rings. The minimum atomic E-state index is -0.0258. The van der Waals surface area contributed by atoms with E-state index < -0.39 is 0 Å².